The first-order valence-corrected chi connectivity index (χ1v) is 3.70. The van der Waals surface area contributed by atoms with E-state index >= 15 is 0 Å². The molecular weight excluding hydrogens is 179 g/mol. The minimum absolute atomic E-state index is 0.0781. The maximum atomic E-state index is 9.10. The molecule has 0 aliphatic carbocycles. The first kappa shape index (κ1) is 9.50. The summed E-state index contributed by atoms with van der Waals surface area (Å²) in [4.78, 5) is 0. The molecule has 0 fully saturated rings. The van der Waals surface area contributed by atoms with Crippen molar-refractivity contribution in [3.63, 3.8) is 0 Å². The molecule has 52 valence electrons. The monoisotopic (exact) mass is 190 g/mol. The first-order chi connectivity index (χ1) is 3.71. The molecule has 0 rings (SSSR count). The second kappa shape index (κ2) is 2.63. The molecule has 1 atom stereocenters. The van der Waals surface area contributed by atoms with E-state index in [0.29, 0.717) is 6.42 Å². The largest absolute Gasteiger partial charge is 0.400 e. The lowest BCUT2D eigenvalue weighted by molar-refractivity contribution is 0.130. The highest BCUT2D eigenvalue weighted by atomic mass is 79.9. The van der Waals surface area contributed by atoms with E-state index < -0.39 is 5.50 Å². The summed E-state index contributed by atoms with van der Waals surface area (Å²) in [6, 6.07) is 0. The minimum Gasteiger partial charge on any atom is -0.400 e. The Morgan fingerprint density at radius 3 is 1.78 bits per heavy atom. The summed E-state index contributed by atoms with van der Waals surface area (Å²) in [6.07, 6.45) is 0.542. The number of hydrogen-bond acceptors (Lipinski definition) is 1. The van der Waals surface area contributed by atoms with Crippen molar-refractivity contribution in [1.82, 2.24) is 0 Å². The zero-order valence-electron chi connectivity index (χ0n) is 6.11. The van der Waals surface area contributed by atoms with Crippen LogP contribution in [0.1, 0.15) is 27.2 Å². The van der Waals surface area contributed by atoms with E-state index in [1.165, 1.54) is 0 Å². The predicted octanol–water partition coefficient (Wildman–Crippen LogP) is 1.43. The van der Waals surface area contributed by atoms with Crippen molar-refractivity contribution in [1.29, 1.82) is 0 Å². The summed E-state index contributed by atoms with van der Waals surface area (Å²) in [7, 11) is 5.35. The maximum absolute atomic E-state index is 9.10. The molecule has 0 spiro atoms. The summed E-state index contributed by atoms with van der Waals surface area (Å²) >= 11 is 3.37. The van der Waals surface area contributed by atoms with Crippen molar-refractivity contribution in [3.8, 4) is 0 Å². The Balaban J connectivity index is 3.75. The molecule has 0 aliphatic heterocycles. The molecule has 1 unspecified atom stereocenters. The van der Waals surface area contributed by atoms with E-state index in [9.17, 15) is 0 Å². The third-order valence-corrected chi connectivity index (χ3v) is 1.06. The lowest BCUT2D eigenvalue weighted by Crippen LogP contribution is -2.31. The van der Waals surface area contributed by atoms with Crippen molar-refractivity contribution >= 4 is 23.8 Å². The number of alkyl halides is 1. The van der Waals surface area contributed by atoms with E-state index in [-0.39, 0.29) is 4.32 Å². The third kappa shape index (κ3) is 8.50. The number of hydrogen-bond donors (Lipinski definition) is 1. The van der Waals surface area contributed by atoms with Crippen LogP contribution in [0, 0.1) is 0 Å². The van der Waals surface area contributed by atoms with Gasteiger partial charge < -0.3 is 5.11 Å². The summed E-state index contributed by atoms with van der Waals surface area (Å²) in [5.74, 6) is 0. The van der Waals surface area contributed by atoms with Gasteiger partial charge in [-0.15, -0.1) is 0 Å². The second-order valence-electron chi connectivity index (χ2n) is 3.25. The van der Waals surface area contributed by atoms with Crippen molar-refractivity contribution in [2.24, 2.45) is 0 Å². The Hall–Kier alpha value is 0.505. The molecular formula is C6H12BBrO. The molecule has 2 radical (unpaired) electrons. The van der Waals surface area contributed by atoms with Gasteiger partial charge in [-0.25, -0.2) is 0 Å². The van der Waals surface area contributed by atoms with Gasteiger partial charge >= 0.3 is 0 Å². The van der Waals surface area contributed by atoms with Crippen LogP contribution < -0.4 is 0 Å². The SMILES string of the molecule is [B]C(C)(O)CC(C)(C)Br. The van der Waals surface area contributed by atoms with Gasteiger partial charge in [0.05, 0.1) is 0 Å². The molecule has 0 saturated heterocycles. The fourth-order valence-electron chi connectivity index (χ4n) is 0.851. The van der Waals surface area contributed by atoms with Crippen LogP contribution >= 0.6 is 15.9 Å². The molecule has 0 aromatic rings. The van der Waals surface area contributed by atoms with Crippen molar-refractivity contribution in [2.75, 3.05) is 0 Å². The number of aliphatic hydroxyl groups is 1. The van der Waals surface area contributed by atoms with Gasteiger partial charge in [-0.3, -0.25) is 0 Å². The highest BCUT2D eigenvalue weighted by molar-refractivity contribution is 9.10. The summed E-state index contributed by atoms with van der Waals surface area (Å²) < 4.78 is -0.0781. The van der Waals surface area contributed by atoms with E-state index in [4.69, 9.17) is 13.0 Å². The van der Waals surface area contributed by atoms with Gasteiger partial charge in [0.25, 0.3) is 0 Å². The Morgan fingerprint density at radius 2 is 1.78 bits per heavy atom. The molecule has 0 bridgehead atoms. The second-order valence-corrected chi connectivity index (χ2v) is 5.40. The average molecular weight is 191 g/mol. The quantitative estimate of drug-likeness (QED) is 0.516. The van der Waals surface area contributed by atoms with Gasteiger partial charge in [0.2, 0.25) is 0 Å². The molecule has 0 aromatic carbocycles. The smallest absolute Gasteiger partial charge is 0.113 e. The predicted molar refractivity (Wildman–Crippen MR) is 44.0 cm³/mol. The van der Waals surface area contributed by atoms with E-state index in [0.717, 1.165) is 0 Å². The Morgan fingerprint density at radius 1 is 1.44 bits per heavy atom. The average Bonchev–Trinajstić information content (AvgIpc) is 1.14. The number of rotatable bonds is 2. The van der Waals surface area contributed by atoms with Gasteiger partial charge in [0.15, 0.2) is 0 Å². The fraction of sp³-hybridized carbons (Fsp3) is 1.00. The third-order valence-electron chi connectivity index (χ3n) is 0.778. The summed E-state index contributed by atoms with van der Waals surface area (Å²) in [5.41, 5.74) is -1.06. The zero-order chi connectivity index (χ0) is 7.71. The van der Waals surface area contributed by atoms with Gasteiger partial charge in [-0.1, -0.05) is 15.9 Å². The highest BCUT2D eigenvalue weighted by Crippen LogP contribution is 2.25. The van der Waals surface area contributed by atoms with Crippen LogP contribution in [-0.2, 0) is 0 Å². The highest BCUT2D eigenvalue weighted by Gasteiger charge is 2.23. The lowest BCUT2D eigenvalue weighted by Gasteiger charge is -2.26. The molecule has 0 aliphatic rings. The van der Waals surface area contributed by atoms with Crippen LogP contribution in [0.3, 0.4) is 0 Å². The van der Waals surface area contributed by atoms with Gasteiger partial charge in [0, 0.05) is 9.82 Å². The molecule has 0 aromatic heterocycles. The molecule has 1 nitrogen and oxygen atoms in total. The van der Waals surface area contributed by atoms with Crippen LogP contribution in [0.4, 0.5) is 0 Å². The lowest BCUT2D eigenvalue weighted by atomic mass is 9.77. The van der Waals surface area contributed by atoms with E-state index in [1.54, 1.807) is 6.92 Å². The van der Waals surface area contributed by atoms with Crippen LogP contribution in [0.25, 0.3) is 0 Å². The molecule has 0 heterocycles. The van der Waals surface area contributed by atoms with Crippen molar-refractivity contribution in [3.05, 3.63) is 0 Å². The molecule has 0 saturated carbocycles. The topological polar surface area (TPSA) is 20.2 Å². The standard InChI is InChI=1S/C6H12BBrO/c1-5(2,8)4-6(3,7)9/h9H,4H2,1-3H3. The van der Waals surface area contributed by atoms with Gasteiger partial charge in [-0.05, 0) is 27.2 Å². The molecule has 0 amide bonds. The Labute approximate surface area is 66.4 Å². The van der Waals surface area contributed by atoms with Gasteiger partial charge in [0.1, 0.15) is 7.85 Å². The normalized spacial score (nSPS) is 19.2. The van der Waals surface area contributed by atoms with E-state index in [1.807, 2.05) is 13.8 Å². The fourth-order valence-corrected chi connectivity index (χ4v) is 1.42. The molecule has 3 heteroatoms. The summed E-state index contributed by atoms with van der Waals surface area (Å²) in [6.45, 7) is 5.53. The minimum atomic E-state index is -1.06. The summed E-state index contributed by atoms with van der Waals surface area (Å²) in [5, 5.41) is 9.10. The van der Waals surface area contributed by atoms with Crippen LogP contribution in [0.15, 0.2) is 0 Å². The Kier molecular flexibility index (Phi) is 2.77. The van der Waals surface area contributed by atoms with Gasteiger partial charge in [-0.2, -0.15) is 0 Å². The Bertz CT molecular complexity index is 78.2. The molecule has 9 heavy (non-hydrogen) atoms. The maximum Gasteiger partial charge on any atom is 0.113 e. The number of halogens is 1. The zero-order valence-corrected chi connectivity index (χ0v) is 7.70. The van der Waals surface area contributed by atoms with Crippen LogP contribution in [0.5, 0.6) is 0 Å². The first-order valence-electron chi connectivity index (χ1n) is 2.91. The van der Waals surface area contributed by atoms with E-state index in [2.05, 4.69) is 15.9 Å². The van der Waals surface area contributed by atoms with Crippen molar-refractivity contribution in [2.45, 2.75) is 37.0 Å². The van der Waals surface area contributed by atoms with Crippen LogP contribution in [-0.4, -0.2) is 22.8 Å². The van der Waals surface area contributed by atoms with Crippen LogP contribution in [0.2, 0.25) is 0 Å². The molecule has 1 N–H and O–H groups in total. The van der Waals surface area contributed by atoms with Crippen molar-refractivity contribution < 1.29 is 5.11 Å².